The topological polar surface area (TPSA) is 109 Å². The minimum atomic E-state index is -0.841. The van der Waals surface area contributed by atoms with Crippen molar-refractivity contribution in [3.8, 4) is 0 Å². The van der Waals surface area contributed by atoms with E-state index in [4.69, 9.17) is 5.11 Å². The van der Waals surface area contributed by atoms with Gasteiger partial charge in [0.2, 0.25) is 0 Å². The zero-order chi connectivity index (χ0) is 18.0. The summed E-state index contributed by atoms with van der Waals surface area (Å²) in [5.41, 5.74) is 1.75. The van der Waals surface area contributed by atoms with E-state index in [-0.39, 0.29) is 18.0 Å². The summed E-state index contributed by atoms with van der Waals surface area (Å²) >= 11 is 0. The molecule has 1 aliphatic carbocycles. The molecular formula is C17H22N4O4. The molecule has 8 heteroatoms. The van der Waals surface area contributed by atoms with Gasteiger partial charge in [0.1, 0.15) is 17.1 Å². The Morgan fingerprint density at radius 2 is 1.92 bits per heavy atom. The predicted molar refractivity (Wildman–Crippen MR) is 90.2 cm³/mol. The van der Waals surface area contributed by atoms with Crippen molar-refractivity contribution in [1.82, 2.24) is 20.5 Å². The molecule has 0 spiro atoms. The van der Waals surface area contributed by atoms with Crippen LogP contribution in [0.2, 0.25) is 0 Å². The third-order valence-electron chi connectivity index (χ3n) is 4.92. The fraction of sp³-hybridized carbons (Fsp3) is 0.529. The highest BCUT2D eigenvalue weighted by atomic mass is 16.6. The van der Waals surface area contributed by atoms with Crippen molar-refractivity contribution in [2.45, 2.75) is 50.7 Å². The number of carbonyl (C=O) groups excluding carboxylic acids is 1. The lowest BCUT2D eigenvalue weighted by atomic mass is 9.89. The van der Waals surface area contributed by atoms with E-state index in [1.54, 1.807) is 30.0 Å². The molecule has 0 saturated heterocycles. The summed E-state index contributed by atoms with van der Waals surface area (Å²) < 4.78 is 4.66. The maximum atomic E-state index is 12.7. The third-order valence-corrected chi connectivity index (χ3v) is 4.92. The maximum absolute atomic E-state index is 12.7. The van der Waals surface area contributed by atoms with Gasteiger partial charge in [0.25, 0.3) is 5.91 Å². The SMILES string of the molecule is CC(NC1CCC(N(C)C(=O)c2ccc3nonc3c2)CC1)C(=O)O. The average Bonchev–Trinajstić information content (AvgIpc) is 3.08. The lowest BCUT2D eigenvalue weighted by Crippen LogP contribution is -2.47. The van der Waals surface area contributed by atoms with Gasteiger partial charge in [-0.05, 0) is 61.1 Å². The van der Waals surface area contributed by atoms with Gasteiger partial charge in [-0.2, -0.15) is 0 Å². The molecule has 1 heterocycles. The van der Waals surface area contributed by atoms with Crippen LogP contribution in [0.1, 0.15) is 43.0 Å². The van der Waals surface area contributed by atoms with Gasteiger partial charge in [-0.15, -0.1) is 0 Å². The minimum Gasteiger partial charge on any atom is -0.480 e. The van der Waals surface area contributed by atoms with Crippen LogP contribution in [0, 0.1) is 0 Å². The quantitative estimate of drug-likeness (QED) is 0.847. The van der Waals surface area contributed by atoms with Crippen molar-refractivity contribution in [1.29, 1.82) is 0 Å². The first kappa shape index (κ1) is 17.3. The summed E-state index contributed by atoms with van der Waals surface area (Å²) in [5, 5.41) is 19.6. The van der Waals surface area contributed by atoms with Gasteiger partial charge in [-0.3, -0.25) is 9.59 Å². The van der Waals surface area contributed by atoms with Crippen LogP contribution in [0.4, 0.5) is 0 Å². The van der Waals surface area contributed by atoms with Gasteiger partial charge >= 0.3 is 5.97 Å². The summed E-state index contributed by atoms with van der Waals surface area (Å²) in [6.07, 6.45) is 3.40. The van der Waals surface area contributed by atoms with Crippen LogP contribution in [-0.4, -0.2) is 57.4 Å². The maximum Gasteiger partial charge on any atom is 0.320 e. The number of carbonyl (C=O) groups is 2. The van der Waals surface area contributed by atoms with Crippen molar-refractivity contribution < 1.29 is 19.3 Å². The van der Waals surface area contributed by atoms with E-state index >= 15 is 0 Å². The second kappa shape index (κ2) is 7.18. The number of aromatic nitrogens is 2. The largest absolute Gasteiger partial charge is 0.480 e. The molecule has 1 aromatic heterocycles. The van der Waals surface area contributed by atoms with Crippen LogP contribution in [0.25, 0.3) is 11.0 Å². The molecule has 25 heavy (non-hydrogen) atoms. The van der Waals surface area contributed by atoms with Crippen LogP contribution in [0.15, 0.2) is 22.8 Å². The number of hydrogen-bond acceptors (Lipinski definition) is 6. The second-order valence-corrected chi connectivity index (χ2v) is 6.62. The smallest absolute Gasteiger partial charge is 0.320 e. The van der Waals surface area contributed by atoms with Crippen molar-refractivity contribution in [2.24, 2.45) is 0 Å². The lowest BCUT2D eigenvalue weighted by molar-refractivity contribution is -0.139. The van der Waals surface area contributed by atoms with Crippen molar-refractivity contribution in [2.75, 3.05) is 7.05 Å². The van der Waals surface area contributed by atoms with E-state index in [0.29, 0.717) is 16.6 Å². The van der Waals surface area contributed by atoms with Gasteiger partial charge in [-0.25, -0.2) is 4.63 Å². The molecule has 2 aromatic rings. The van der Waals surface area contributed by atoms with Crippen molar-refractivity contribution in [3.05, 3.63) is 23.8 Å². The van der Waals surface area contributed by atoms with Crippen LogP contribution < -0.4 is 5.32 Å². The van der Waals surface area contributed by atoms with Crippen molar-refractivity contribution >= 4 is 22.9 Å². The van der Waals surface area contributed by atoms with Crippen LogP contribution in [0.5, 0.6) is 0 Å². The molecule has 1 fully saturated rings. The zero-order valence-electron chi connectivity index (χ0n) is 14.3. The van der Waals surface area contributed by atoms with Crippen LogP contribution in [-0.2, 0) is 4.79 Å². The van der Waals surface area contributed by atoms with Crippen LogP contribution >= 0.6 is 0 Å². The van der Waals surface area contributed by atoms with E-state index in [1.165, 1.54) is 0 Å². The molecule has 0 aliphatic heterocycles. The molecular weight excluding hydrogens is 324 g/mol. The molecule has 1 aromatic carbocycles. The first-order valence-corrected chi connectivity index (χ1v) is 8.44. The number of amides is 1. The summed E-state index contributed by atoms with van der Waals surface area (Å²) in [7, 11) is 1.81. The Morgan fingerprint density at radius 1 is 1.24 bits per heavy atom. The molecule has 1 amide bonds. The fourth-order valence-corrected chi connectivity index (χ4v) is 3.34. The Morgan fingerprint density at radius 3 is 2.60 bits per heavy atom. The molecule has 0 radical (unpaired) electrons. The number of fused-ring (bicyclic) bond motifs is 1. The standard InChI is InChI=1S/C17H22N4O4/c1-10(17(23)24)18-12-4-6-13(7-5-12)21(2)16(22)11-3-8-14-15(9-11)20-25-19-14/h3,8-10,12-13,18H,4-7H2,1-2H3,(H,23,24). The van der Waals surface area contributed by atoms with Gasteiger partial charge < -0.3 is 15.3 Å². The molecule has 1 unspecified atom stereocenters. The van der Waals surface area contributed by atoms with Gasteiger partial charge in [0, 0.05) is 24.7 Å². The molecule has 0 bridgehead atoms. The number of carboxylic acids is 1. The summed E-state index contributed by atoms with van der Waals surface area (Å²) in [5.74, 6) is -0.896. The molecule has 1 aliphatic rings. The molecule has 1 atom stereocenters. The van der Waals surface area contributed by atoms with E-state index in [1.807, 2.05) is 7.05 Å². The van der Waals surface area contributed by atoms with Crippen molar-refractivity contribution in [3.63, 3.8) is 0 Å². The number of hydrogen-bond donors (Lipinski definition) is 2. The van der Waals surface area contributed by atoms with E-state index in [2.05, 4.69) is 20.3 Å². The van der Waals surface area contributed by atoms with E-state index < -0.39 is 12.0 Å². The molecule has 8 nitrogen and oxygen atoms in total. The molecule has 1 saturated carbocycles. The first-order chi connectivity index (χ1) is 12.0. The normalized spacial score (nSPS) is 21.8. The Balaban J connectivity index is 1.59. The third kappa shape index (κ3) is 3.79. The highest BCUT2D eigenvalue weighted by Crippen LogP contribution is 2.24. The monoisotopic (exact) mass is 346 g/mol. The van der Waals surface area contributed by atoms with E-state index in [9.17, 15) is 9.59 Å². The average molecular weight is 346 g/mol. The van der Waals surface area contributed by atoms with E-state index in [0.717, 1.165) is 25.7 Å². The Bertz CT molecular complexity index is 767. The summed E-state index contributed by atoms with van der Waals surface area (Å²) in [6.45, 7) is 1.65. The summed E-state index contributed by atoms with van der Waals surface area (Å²) in [4.78, 5) is 25.4. The van der Waals surface area contributed by atoms with Gasteiger partial charge in [-0.1, -0.05) is 0 Å². The summed E-state index contributed by atoms with van der Waals surface area (Å²) in [6, 6.07) is 4.92. The number of nitrogens with zero attached hydrogens (tertiary/aromatic N) is 3. The minimum absolute atomic E-state index is 0.0554. The molecule has 2 N–H and O–H groups in total. The van der Waals surface area contributed by atoms with Gasteiger partial charge in [0.15, 0.2) is 0 Å². The fourth-order valence-electron chi connectivity index (χ4n) is 3.34. The zero-order valence-corrected chi connectivity index (χ0v) is 14.3. The number of nitrogens with one attached hydrogen (secondary N) is 1. The van der Waals surface area contributed by atoms with Gasteiger partial charge in [0.05, 0.1) is 0 Å². The number of carboxylic acid groups (broad SMARTS) is 1. The van der Waals surface area contributed by atoms with Crippen LogP contribution in [0.3, 0.4) is 0 Å². The Hall–Kier alpha value is -2.48. The predicted octanol–water partition coefficient (Wildman–Crippen LogP) is 1.67. The highest BCUT2D eigenvalue weighted by Gasteiger charge is 2.28. The number of rotatable bonds is 5. The Kier molecular flexibility index (Phi) is 4.98. The lowest BCUT2D eigenvalue weighted by Gasteiger charge is -2.35. The second-order valence-electron chi connectivity index (χ2n) is 6.62. The number of aliphatic carboxylic acids is 1. The Labute approximate surface area is 145 Å². The molecule has 134 valence electrons. The first-order valence-electron chi connectivity index (χ1n) is 8.44. The highest BCUT2D eigenvalue weighted by molar-refractivity contribution is 5.97. The number of benzene rings is 1. The molecule has 3 rings (SSSR count).